The van der Waals surface area contributed by atoms with E-state index in [4.69, 9.17) is 40.3 Å². The Morgan fingerprint density at radius 3 is 2.18 bits per heavy atom. The van der Waals surface area contributed by atoms with Gasteiger partial charge in [0.05, 0.1) is 32.7 Å². The van der Waals surface area contributed by atoms with Gasteiger partial charge in [0.15, 0.2) is 12.2 Å². The molecule has 0 spiro atoms. The predicted octanol–water partition coefficient (Wildman–Crippen LogP) is 3.34. The zero-order valence-corrected chi connectivity index (χ0v) is 24.8. The molecular formula is C30H28ClN3O10. The van der Waals surface area contributed by atoms with Crippen molar-refractivity contribution < 1.29 is 47.7 Å². The van der Waals surface area contributed by atoms with E-state index in [9.17, 15) is 24.0 Å². The average Bonchev–Trinajstić information content (AvgIpc) is 3.33. The Balaban J connectivity index is 1.57. The first-order valence-corrected chi connectivity index (χ1v) is 13.9. The van der Waals surface area contributed by atoms with E-state index in [-0.39, 0.29) is 5.56 Å². The summed E-state index contributed by atoms with van der Waals surface area (Å²) in [6.07, 6.45) is -5.52. The molecule has 230 valence electrons. The lowest BCUT2D eigenvalue weighted by molar-refractivity contribution is -0.270. The van der Waals surface area contributed by atoms with Crippen molar-refractivity contribution in [3.63, 3.8) is 0 Å². The summed E-state index contributed by atoms with van der Waals surface area (Å²) in [5, 5.41) is 4.51. The third-order valence-electron chi connectivity index (χ3n) is 6.92. The van der Waals surface area contributed by atoms with Gasteiger partial charge in [0.1, 0.15) is 18.8 Å². The van der Waals surface area contributed by atoms with Gasteiger partial charge in [0.2, 0.25) is 6.29 Å². The van der Waals surface area contributed by atoms with E-state index in [1.807, 2.05) is 24.3 Å². The first-order valence-electron chi connectivity index (χ1n) is 13.5. The molecule has 1 fully saturated rings. The molecule has 3 heterocycles. The molecule has 2 N–H and O–H groups in total. The van der Waals surface area contributed by atoms with Crippen LogP contribution < -0.4 is 5.32 Å². The molecule has 13 nitrogen and oxygen atoms in total. The van der Waals surface area contributed by atoms with Gasteiger partial charge in [-0.2, -0.15) is 0 Å². The number of rotatable bonds is 7. The SMILES string of the molecule is CC(=O)OC[C@H]1O[C@@H](OC(C)=O)[C@H](NC(=O)c2cccc3c2[nH]c2c(Cl)c4ccccc4nc23)[C@@H](OC(C)=O)[C@@H]1OC(C)=O. The number of pyridine rings is 1. The monoisotopic (exact) mass is 625 g/mol. The number of benzene rings is 2. The van der Waals surface area contributed by atoms with E-state index in [0.717, 1.165) is 33.1 Å². The number of fused-ring (bicyclic) bond motifs is 4. The molecule has 2 aromatic carbocycles. The van der Waals surface area contributed by atoms with Crippen LogP contribution in [-0.2, 0) is 42.9 Å². The number of ether oxygens (including phenoxy) is 5. The molecule has 5 rings (SSSR count). The number of nitrogens with one attached hydrogen (secondary N) is 2. The molecule has 0 saturated carbocycles. The van der Waals surface area contributed by atoms with Gasteiger partial charge in [-0.3, -0.25) is 24.0 Å². The van der Waals surface area contributed by atoms with Crippen LogP contribution in [-0.4, -0.2) is 77.0 Å². The number of halogens is 1. The molecule has 1 aliphatic rings. The van der Waals surface area contributed by atoms with Crippen LogP contribution in [0.5, 0.6) is 0 Å². The summed E-state index contributed by atoms with van der Waals surface area (Å²) < 4.78 is 27.2. The van der Waals surface area contributed by atoms with E-state index >= 15 is 0 Å². The van der Waals surface area contributed by atoms with Crippen molar-refractivity contribution in [3.05, 3.63) is 53.1 Å². The molecule has 1 aliphatic heterocycles. The molecule has 1 saturated heterocycles. The molecule has 4 aromatic rings. The lowest BCUT2D eigenvalue weighted by Gasteiger charge is -2.44. The number of H-pyrrole nitrogens is 1. The third kappa shape index (κ3) is 6.15. The fraction of sp³-hybridized carbons (Fsp3) is 0.333. The van der Waals surface area contributed by atoms with Crippen molar-refractivity contribution >= 4 is 74.2 Å². The van der Waals surface area contributed by atoms with E-state index in [1.54, 1.807) is 18.2 Å². The van der Waals surface area contributed by atoms with Gasteiger partial charge in [0.25, 0.3) is 5.91 Å². The maximum absolute atomic E-state index is 13.9. The quantitative estimate of drug-likeness (QED) is 0.228. The number of para-hydroxylation sites is 2. The van der Waals surface area contributed by atoms with Crippen LogP contribution in [0.4, 0.5) is 0 Å². The molecule has 5 atom stereocenters. The zero-order valence-electron chi connectivity index (χ0n) is 24.0. The highest BCUT2D eigenvalue weighted by Crippen LogP contribution is 2.35. The number of aromatic amines is 1. The van der Waals surface area contributed by atoms with Crippen LogP contribution >= 0.6 is 11.6 Å². The van der Waals surface area contributed by atoms with Crippen LogP contribution in [0.2, 0.25) is 5.02 Å². The normalized spacial score (nSPS) is 21.5. The topological polar surface area (TPSA) is 172 Å². The van der Waals surface area contributed by atoms with Crippen molar-refractivity contribution in [2.75, 3.05) is 6.61 Å². The van der Waals surface area contributed by atoms with E-state index < -0.39 is 67.0 Å². The second-order valence-corrected chi connectivity index (χ2v) is 10.5. The Labute approximate surface area is 255 Å². The maximum atomic E-state index is 13.9. The molecule has 14 heteroatoms. The minimum Gasteiger partial charge on any atom is -0.463 e. The average molecular weight is 626 g/mol. The zero-order chi connectivity index (χ0) is 31.7. The van der Waals surface area contributed by atoms with Gasteiger partial charge in [0, 0.05) is 38.5 Å². The number of carbonyl (C=O) groups is 5. The minimum atomic E-state index is -1.53. The van der Waals surface area contributed by atoms with Crippen LogP contribution in [0, 0.1) is 0 Å². The number of esters is 4. The van der Waals surface area contributed by atoms with E-state index in [1.165, 1.54) is 0 Å². The lowest BCUT2D eigenvalue weighted by Crippen LogP contribution is -2.67. The molecule has 0 bridgehead atoms. The number of hydrogen-bond acceptors (Lipinski definition) is 11. The van der Waals surface area contributed by atoms with Crippen LogP contribution in [0.3, 0.4) is 0 Å². The number of aromatic nitrogens is 2. The van der Waals surface area contributed by atoms with Crippen molar-refractivity contribution in [3.8, 4) is 0 Å². The fourth-order valence-electron chi connectivity index (χ4n) is 5.23. The second-order valence-electron chi connectivity index (χ2n) is 10.1. The van der Waals surface area contributed by atoms with Gasteiger partial charge < -0.3 is 34.0 Å². The van der Waals surface area contributed by atoms with Crippen LogP contribution in [0.1, 0.15) is 38.1 Å². The molecule has 0 radical (unpaired) electrons. The Morgan fingerprint density at radius 2 is 1.50 bits per heavy atom. The summed E-state index contributed by atoms with van der Waals surface area (Å²) >= 11 is 6.73. The van der Waals surface area contributed by atoms with E-state index in [2.05, 4.69) is 10.3 Å². The van der Waals surface area contributed by atoms with Gasteiger partial charge in [-0.15, -0.1) is 0 Å². The highest BCUT2D eigenvalue weighted by molar-refractivity contribution is 6.41. The van der Waals surface area contributed by atoms with E-state index in [0.29, 0.717) is 32.5 Å². The summed E-state index contributed by atoms with van der Waals surface area (Å²) in [6.45, 7) is 4.09. The van der Waals surface area contributed by atoms with Gasteiger partial charge >= 0.3 is 23.9 Å². The Bertz CT molecular complexity index is 1800. The molecule has 0 unspecified atom stereocenters. The molecule has 1 amide bonds. The first-order chi connectivity index (χ1) is 20.9. The van der Waals surface area contributed by atoms with Gasteiger partial charge in [-0.25, -0.2) is 4.98 Å². The summed E-state index contributed by atoms with van der Waals surface area (Å²) in [5.41, 5.74) is 2.33. The Morgan fingerprint density at radius 1 is 0.841 bits per heavy atom. The lowest BCUT2D eigenvalue weighted by atomic mass is 9.95. The van der Waals surface area contributed by atoms with Gasteiger partial charge in [-0.1, -0.05) is 41.9 Å². The minimum absolute atomic E-state index is 0.162. The maximum Gasteiger partial charge on any atom is 0.305 e. The summed E-state index contributed by atoms with van der Waals surface area (Å²) in [7, 11) is 0. The number of carbonyl (C=O) groups excluding carboxylic acids is 5. The summed E-state index contributed by atoms with van der Waals surface area (Å²) in [5.74, 6) is -3.66. The smallest absolute Gasteiger partial charge is 0.305 e. The molecule has 0 aliphatic carbocycles. The highest BCUT2D eigenvalue weighted by Gasteiger charge is 2.52. The van der Waals surface area contributed by atoms with Crippen LogP contribution in [0.15, 0.2) is 42.5 Å². The van der Waals surface area contributed by atoms with Crippen LogP contribution in [0.25, 0.3) is 32.8 Å². The predicted molar refractivity (Wildman–Crippen MR) is 156 cm³/mol. The van der Waals surface area contributed by atoms with Crippen molar-refractivity contribution in [2.45, 2.75) is 58.3 Å². The number of nitrogens with zero attached hydrogens (tertiary/aromatic N) is 1. The molecule has 44 heavy (non-hydrogen) atoms. The summed E-state index contributed by atoms with van der Waals surface area (Å²) in [4.78, 5) is 69.7. The Kier molecular flexibility index (Phi) is 8.70. The van der Waals surface area contributed by atoms with Crippen molar-refractivity contribution in [1.82, 2.24) is 15.3 Å². The first kappa shape index (κ1) is 30.7. The number of hydrogen-bond donors (Lipinski definition) is 2. The van der Waals surface area contributed by atoms with Crippen molar-refractivity contribution in [2.24, 2.45) is 0 Å². The third-order valence-corrected chi connectivity index (χ3v) is 7.32. The second kappa shape index (κ2) is 12.5. The van der Waals surface area contributed by atoms with Crippen molar-refractivity contribution in [1.29, 1.82) is 0 Å². The Hall–Kier alpha value is -4.75. The number of amides is 1. The molecule has 2 aromatic heterocycles. The van der Waals surface area contributed by atoms with Gasteiger partial charge in [-0.05, 0) is 12.1 Å². The fourth-order valence-corrected chi connectivity index (χ4v) is 5.53. The largest absolute Gasteiger partial charge is 0.463 e. The summed E-state index contributed by atoms with van der Waals surface area (Å²) in [6, 6.07) is 11.0. The molecular weight excluding hydrogens is 598 g/mol. The highest BCUT2D eigenvalue weighted by atomic mass is 35.5. The standard InChI is InChI=1S/C30H28ClN3O10/c1-13(35)40-12-21-27(41-14(2)36)28(42-15(3)37)26(30(44-21)43-16(4)38)34-29(39)19-10-7-9-18-23(19)33-25-22(31)17-8-5-6-11-20(17)32-24(18)25/h5-11,21,26-28,30,33H,12H2,1-4H3,(H,34,39)/t21-,26-,27-,28-,30-/m1/s1.